The highest BCUT2D eigenvalue weighted by molar-refractivity contribution is 6.06. The molecule has 1 saturated carbocycles. The molecule has 7 nitrogen and oxygen atoms in total. The Kier molecular flexibility index (Phi) is 4.30. The number of carbonyl (C=O) groups is 2. The number of nitrogens with zero attached hydrogens (tertiary/aromatic N) is 5. The van der Waals surface area contributed by atoms with Crippen molar-refractivity contribution in [2.75, 3.05) is 13.2 Å². The number of carbonyl (C=O) groups excluding carboxylic acids is 2. The third-order valence-corrected chi connectivity index (χ3v) is 7.17. The molecule has 5 rings (SSSR count). The molecule has 27 heavy (non-hydrogen) atoms. The Labute approximate surface area is 160 Å². The predicted molar refractivity (Wildman–Crippen MR) is 98.5 cm³/mol. The molecule has 0 aromatic carbocycles. The lowest BCUT2D eigenvalue weighted by molar-refractivity contribution is -0.144. The minimum atomic E-state index is -0.377. The zero-order chi connectivity index (χ0) is 18.4. The average Bonchev–Trinajstić information content (AvgIpc) is 3.40. The molecule has 0 radical (unpaired) electrons. The first kappa shape index (κ1) is 17.3. The van der Waals surface area contributed by atoms with Crippen LogP contribution >= 0.6 is 0 Å². The van der Waals surface area contributed by atoms with E-state index in [1.165, 1.54) is 19.3 Å². The molecular weight excluding hydrogens is 342 g/mol. The lowest BCUT2D eigenvalue weighted by atomic mass is 9.85. The summed E-state index contributed by atoms with van der Waals surface area (Å²) < 4.78 is 2.31. The van der Waals surface area contributed by atoms with Crippen LogP contribution in [0.25, 0.3) is 0 Å². The molecular formula is C20H29N5O2. The van der Waals surface area contributed by atoms with Crippen LogP contribution in [0.5, 0.6) is 0 Å². The zero-order valence-electron chi connectivity index (χ0n) is 16.0. The van der Waals surface area contributed by atoms with E-state index in [0.717, 1.165) is 69.7 Å². The van der Waals surface area contributed by atoms with Gasteiger partial charge in [0.15, 0.2) is 0 Å². The van der Waals surface area contributed by atoms with Crippen LogP contribution in [0.2, 0.25) is 0 Å². The van der Waals surface area contributed by atoms with E-state index in [9.17, 15) is 9.59 Å². The van der Waals surface area contributed by atoms with E-state index >= 15 is 0 Å². The number of amides is 2. The van der Waals surface area contributed by atoms with E-state index in [0.29, 0.717) is 13.1 Å². The standard InChI is InChI=1S/C20H29N5O2/c26-17-13-20(9-3-4-10-20)19(27)25(17)14-23-11-6-7-15(23)18-22-21-16-8-2-1-5-12-24(16)18/h15H,1-14H2/t15-/m1/s1. The normalized spacial score (nSPS) is 28.3. The number of fused-ring (bicyclic) bond motifs is 1. The summed E-state index contributed by atoms with van der Waals surface area (Å²) in [4.78, 5) is 29.5. The molecule has 1 atom stereocenters. The van der Waals surface area contributed by atoms with Crippen LogP contribution in [0.3, 0.4) is 0 Å². The molecule has 4 aliphatic rings. The first-order chi connectivity index (χ1) is 13.2. The summed E-state index contributed by atoms with van der Waals surface area (Å²) in [6, 6.07) is 0.171. The van der Waals surface area contributed by atoms with Gasteiger partial charge in [-0.15, -0.1) is 10.2 Å². The number of hydrogen-bond donors (Lipinski definition) is 0. The molecule has 2 amide bonds. The van der Waals surface area contributed by atoms with E-state index in [-0.39, 0.29) is 23.3 Å². The smallest absolute Gasteiger partial charge is 0.237 e. The van der Waals surface area contributed by atoms with Crippen molar-refractivity contribution < 1.29 is 9.59 Å². The maximum atomic E-state index is 13.0. The molecule has 3 fully saturated rings. The van der Waals surface area contributed by atoms with Crippen LogP contribution in [0.1, 0.15) is 81.9 Å². The van der Waals surface area contributed by atoms with Gasteiger partial charge in [0.2, 0.25) is 11.8 Å². The molecule has 7 heteroatoms. The second-order valence-electron chi connectivity index (χ2n) is 8.84. The maximum Gasteiger partial charge on any atom is 0.237 e. The molecule has 1 spiro atoms. The predicted octanol–water partition coefficient (Wildman–Crippen LogP) is 2.42. The highest BCUT2D eigenvalue weighted by atomic mass is 16.2. The largest absolute Gasteiger partial charge is 0.314 e. The quantitative estimate of drug-likeness (QED) is 0.763. The number of imide groups is 1. The second kappa shape index (κ2) is 6.69. The Balaban J connectivity index is 1.36. The molecule has 0 bridgehead atoms. The number of aromatic nitrogens is 3. The van der Waals surface area contributed by atoms with Crippen molar-refractivity contribution in [3.05, 3.63) is 11.6 Å². The Morgan fingerprint density at radius 2 is 1.81 bits per heavy atom. The topological polar surface area (TPSA) is 71.3 Å². The van der Waals surface area contributed by atoms with Gasteiger partial charge in [0.1, 0.15) is 11.6 Å². The van der Waals surface area contributed by atoms with Crippen molar-refractivity contribution in [2.45, 2.75) is 83.2 Å². The van der Waals surface area contributed by atoms with Crippen LogP contribution < -0.4 is 0 Å². The number of likely N-dealkylation sites (tertiary alicyclic amines) is 2. The monoisotopic (exact) mass is 371 g/mol. The van der Waals surface area contributed by atoms with Crippen LogP contribution in [0, 0.1) is 5.41 Å². The Bertz CT molecular complexity index is 752. The summed E-state index contributed by atoms with van der Waals surface area (Å²) >= 11 is 0. The van der Waals surface area contributed by atoms with E-state index in [1.54, 1.807) is 4.90 Å². The average molecular weight is 371 g/mol. The Hall–Kier alpha value is -1.76. The van der Waals surface area contributed by atoms with Gasteiger partial charge in [0, 0.05) is 25.9 Å². The Morgan fingerprint density at radius 1 is 0.963 bits per heavy atom. The third-order valence-electron chi connectivity index (χ3n) is 7.17. The fraction of sp³-hybridized carbons (Fsp3) is 0.800. The molecule has 0 unspecified atom stereocenters. The van der Waals surface area contributed by atoms with Gasteiger partial charge in [-0.25, -0.2) is 0 Å². The van der Waals surface area contributed by atoms with Gasteiger partial charge in [-0.1, -0.05) is 19.3 Å². The molecule has 2 saturated heterocycles. The van der Waals surface area contributed by atoms with Gasteiger partial charge in [-0.05, 0) is 38.5 Å². The lowest BCUT2D eigenvalue weighted by Crippen LogP contribution is -2.43. The van der Waals surface area contributed by atoms with Crippen LogP contribution in [0.4, 0.5) is 0 Å². The first-order valence-electron chi connectivity index (χ1n) is 10.7. The van der Waals surface area contributed by atoms with Crippen molar-refractivity contribution in [1.82, 2.24) is 24.6 Å². The molecule has 4 heterocycles. The van der Waals surface area contributed by atoms with E-state index < -0.39 is 0 Å². The molecule has 1 aromatic rings. The minimum Gasteiger partial charge on any atom is -0.314 e. The Morgan fingerprint density at radius 3 is 2.67 bits per heavy atom. The molecule has 146 valence electrons. The summed E-state index contributed by atoms with van der Waals surface area (Å²) in [6.07, 6.45) is 11.1. The molecule has 1 aliphatic carbocycles. The third kappa shape index (κ3) is 2.82. The van der Waals surface area contributed by atoms with Gasteiger partial charge in [0.25, 0.3) is 0 Å². The van der Waals surface area contributed by atoms with E-state index in [1.807, 2.05) is 0 Å². The second-order valence-corrected chi connectivity index (χ2v) is 8.84. The number of rotatable bonds is 3. The fourth-order valence-corrected chi connectivity index (χ4v) is 5.67. The lowest BCUT2D eigenvalue weighted by Gasteiger charge is -2.29. The van der Waals surface area contributed by atoms with Gasteiger partial charge < -0.3 is 4.57 Å². The maximum absolute atomic E-state index is 13.0. The van der Waals surface area contributed by atoms with Gasteiger partial charge in [-0.3, -0.25) is 19.4 Å². The summed E-state index contributed by atoms with van der Waals surface area (Å²) in [7, 11) is 0. The molecule has 0 N–H and O–H groups in total. The van der Waals surface area contributed by atoms with Crippen LogP contribution in [0.15, 0.2) is 0 Å². The molecule has 1 aromatic heterocycles. The van der Waals surface area contributed by atoms with Crippen molar-refractivity contribution in [2.24, 2.45) is 5.41 Å². The highest BCUT2D eigenvalue weighted by Crippen LogP contribution is 2.47. The van der Waals surface area contributed by atoms with E-state index in [4.69, 9.17) is 0 Å². The van der Waals surface area contributed by atoms with Crippen LogP contribution in [-0.2, 0) is 22.6 Å². The summed E-state index contributed by atoms with van der Waals surface area (Å²) in [5.74, 6) is 2.25. The van der Waals surface area contributed by atoms with E-state index in [2.05, 4.69) is 19.7 Å². The van der Waals surface area contributed by atoms with Gasteiger partial charge in [0.05, 0.1) is 18.1 Å². The summed E-state index contributed by atoms with van der Waals surface area (Å²) in [6.45, 7) is 2.33. The zero-order valence-corrected chi connectivity index (χ0v) is 16.0. The SMILES string of the molecule is O=C1CC2(CCCC2)C(=O)N1CN1CCC[C@@H]1c1nnc2n1CCCCC2. The van der Waals surface area contributed by atoms with Gasteiger partial charge >= 0.3 is 0 Å². The van der Waals surface area contributed by atoms with Gasteiger partial charge in [-0.2, -0.15) is 0 Å². The minimum absolute atomic E-state index is 0.0209. The number of aryl methyl sites for hydroxylation is 1. The fourth-order valence-electron chi connectivity index (χ4n) is 5.67. The summed E-state index contributed by atoms with van der Waals surface area (Å²) in [5, 5.41) is 8.99. The van der Waals surface area contributed by atoms with Crippen LogP contribution in [-0.4, -0.2) is 49.6 Å². The van der Waals surface area contributed by atoms with Crippen molar-refractivity contribution >= 4 is 11.8 Å². The van der Waals surface area contributed by atoms with Crippen molar-refractivity contribution in [1.29, 1.82) is 0 Å². The molecule has 3 aliphatic heterocycles. The van der Waals surface area contributed by atoms with Crippen molar-refractivity contribution in [3.63, 3.8) is 0 Å². The summed E-state index contributed by atoms with van der Waals surface area (Å²) in [5.41, 5.74) is -0.377. The highest BCUT2D eigenvalue weighted by Gasteiger charge is 2.53. The van der Waals surface area contributed by atoms with Crippen molar-refractivity contribution in [3.8, 4) is 0 Å². The number of hydrogen-bond acceptors (Lipinski definition) is 5. The first-order valence-corrected chi connectivity index (χ1v) is 10.7.